The van der Waals surface area contributed by atoms with Crippen molar-refractivity contribution in [2.45, 2.75) is 50.4 Å². The van der Waals surface area contributed by atoms with Gasteiger partial charge in [-0.1, -0.05) is 21.6 Å². The number of amides is 7. The second kappa shape index (κ2) is 19.1. The number of nitrogens with one attached hydrogen (secondary N) is 5. The smallest absolute Gasteiger partial charge is 0.336 e. The summed E-state index contributed by atoms with van der Waals surface area (Å²) in [4.78, 5) is 105. The molecular weight excluding hydrogens is 578 g/mol. The summed E-state index contributed by atoms with van der Waals surface area (Å²) in [5.74, 6) is -8.90. The van der Waals surface area contributed by atoms with E-state index in [0.29, 0.717) is 0 Å². The third-order valence-electron chi connectivity index (χ3n) is 4.61. The fourth-order valence-corrected chi connectivity index (χ4v) is 5.01. The van der Waals surface area contributed by atoms with Gasteiger partial charge in [-0.2, -0.15) is 0 Å². The number of aliphatic carboxylic acids is 2. The highest BCUT2D eigenvalue weighted by atomic mass is 33.1. The van der Waals surface area contributed by atoms with Gasteiger partial charge in [0.25, 0.3) is 5.91 Å². The first-order chi connectivity index (χ1) is 18.7. The number of carbonyl (C=O) groups is 9. The molecule has 0 spiro atoms. The van der Waals surface area contributed by atoms with Crippen molar-refractivity contribution in [1.82, 2.24) is 26.6 Å². The SMILES string of the molecule is CC(=O)N[C@@H](CSSC[C@H](NC=O)C(N)=O)C(=O)N[C@@H](C(=O)O)C(=O)N[C@@H](CCC(=O)O)C(=O)NCCC(N)=O. The molecule has 0 heterocycles. The van der Waals surface area contributed by atoms with Crippen LogP contribution in [0.2, 0.25) is 0 Å². The van der Waals surface area contributed by atoms with Crippen molar-refractivity contribution in [2.75, 3.05) is 18.1 Å². The van der Waals surface area contributed by atoms with Crippen LogP contribution < -0.4 is 38.1 Å². The van der Waals surface area contributed by atoms with E-state index in [0.717, 1.165) is 28.5 Å². The monoisotopic (exact) mass is 609 g/mol. The Hall–Kier alpha value is -4.07. The number of carboxylic acids is 2. The van der Waals surface area contributed by atoms with Gasteiger partial charge in [-0.15, -0.1) is 0 Å². The molecule has 0 bridgehead atoms. The van der Waals surface area contributed by atoms with Crippen LogP contribution in [0.1, 0.15) is 26.2 Å². The number of hydrogen-bond acceptors (Lipinski definition) is 11. The lowest BCUT2D eigenvalue weighted by Crippen LogP contribution is -2.59. The molecular formula is C20H31N7O11S2. The average Bonchev–Trinajstić information content (AvgIpc) is 2.84. The summed E-state index contributed by atoms with van der Waals surface area (Å²) in [5, 5.41) is 29.2. The average molecular weight is 610 g/mol. The minimum Gasteiger partial charge on any atom is -0.481 e. The highest BCUT2D eigenvalue weighted by molar-refractivity contribution is 8.76. The van der Waals surface area contributed by atoms with Crippen LogP contribution in [0.15, 0.2) is 0 Å². The van der Waals surface area contributed by atoms with Crippen LogP contribution in [0.25, 0.3) is 0 Å². The normalized spacial score (nSPS) is 13.3. The Morgan fingerprint density at radius 3 is 1.88 bits per heavy atom. The van der Waals surface area contributed by atoms with E-state index in [-0.39, 0.29) is 30.9 Å². The van der Waals surface area contributed by atoms with Gasteiger partial charge in [-0.25, -0.2) is 4.79 Å². The Morgan fingerprint density at radius 2 is 1.40 bits per heavy atom. The Balaban J connectivity index is 5.43. The van der Waals surface area contributed by atoms with Crippen LogP contribution in [-0.4, -0.2) is 106 Å². The molecule has 11 N–H and O–H groups in total. The molecule has 0 aromatic carbocycles. The first kappa shape index (κ1) is 35.9. The summed E-state index contributed by atoms with van der Waals surface area (Å²) in [7, 11) is 1.98. The maximum Gasteiger partial charge on any atom is 0.336 e. The zero-order chi connectivity index (χ0) is 30.8. The minimum absolute atomic E-state index is 0.00649. The Kier molecular flexibility index (Phi) is 17.1. The van der Waals surface area contributed by atoms with E-state index in [1.807, 2.05) is 5.32 Å². The molecule has 0 radical (unpaired) electrons. The van der Waals surface area contributed by atoms with Crippen molar-refractivity contribution < 1.29 is 53.4 Å². The first-order valence-electron chi connectivity index (χ1n) is 11.3. The molecule has 0 aliphatic carbocycles. The van der Waals surface area contributed by atoms with Crippen molar-refractivity contribution in [3.8, 4) is 0 Å². The minimum atomic E-state index is -2.25. The van der Waals surface area contributed by atoms with E-state index in [9.17, 15) is 48.3 Å². The predicted molar refractivity (Wildman–Crippen MR) is 140 cm³/mol. The molecule has 0 aromatic heterocycles. The number of carbonyl (C=O) groups excluding carboxylic acids is 7. The maximum atomic E-state index is 12.8. The number of primary amides is 2. The van der Waals surface area contributed by atoms with Crippen LogP contribution in [0.4, 0.5) is 0 Å². The number of nitrogens with two attached hydrogens (primary N) is 2. The van der Waals surface area contributed by atoms with E-state index in [4.69, 9.17) is 16.6 Å². The number of rotatable bonds is 21. The van der Waals surface area contributed by atoms with Crippen LogP contribution >= 0.6 is 21.6 Å². The molecule has 0 aliphatic heterocycles. The van der Waals surface area contributed by atoms with E-state index < -0.39 is 84.4 Å². The molecule has 0 fully saturated rings. The molecule has 40 heavy (non-hydrogen) atoms. The highest BCUT2D eigenvalue weighted by Crippen LogP contribution is 2.23. The van der Waals surface area contributed by atoms with Crippen LogP contribution in [0.3, 0.4) is 0 Å². The van der Waals surface area contributed by atoms with Gasteiger partial charge < -0.3 is 48.3 Å². The predicted octanol–water partition coefficient (Wildman–Crippen LogP) is -4.62. The molecule has 0 rings (SSSR count). The second-order valence-corrected chi connectivity index (χ2v) is 10.4. The molecule has 4 atom stereocenters. The van der Waals surface area contributed by atoms with Gasteiger partial charge in [0, 0.05) is 37.8 Å². The van der Waals surface area contributed by atoms with Crippen LogP contribution in [0.5, 0.6) is 0 Å². The molecule has 224 valence electrons. The third-order valence-corrected chi connectivity index (χ3v) is 7.03. The molecule has 7 amide bonds. The fourth-order valence-electron chi connectivity index (χ4n) is 2.66. The summed E-state index contributed by atoms with van der Waals surface area (Å²) >= 11 is 0. The van der Waals surface area contributed by atoms with Crippen molar-refractivity contribution in [1.29, 1.82) is 0 Å². The summed E-state index contributed by atoms with van der Waals surface area (Å²) in [6.07, 6.45) is -1.01. The molecule has 0 aromatic rings. The standard InChI is InChI=1S/C20H31N7O11S2/c1-9(29)25-12(7-40-39-6-11(16(22)33)24-8-28)18(35)27-15(20(37)38)19(36)26-10(2-3-14(31)32)17(34)23-5-4-13(21)30/h8,10-12,15H,2-7H2,1H3,(H2,21,30)(H2,22,33)(H,23,34)(H,24,28)(H,25,29)(H,26,36)(H,27,35)(H,31,32)(H,37,38)/t10-,11-,12-,15+/m0/s1. The number of carboxylic acid groups (broad SMARTS) is 2. The zero-order valence-corrected chi connectivity index (χ0v) is 22.8. The summed E-state index contributed by atoms with van der Waals surface area (Å²) in [6.45, 7) is 0.854. The van der Waals surface area contributed by atoms with Gasteiger partial charge in [-0.05, 0) is 6.42 Å². The molecule has 0 unspecified atom stereocenters. The zero-order valence-electron chi connectivity index (χ0n) is 21.2. The van der Waals surface area contributed by atoms with Crippen molar-refractivity contribution >= 4 is 75.4 Å². The summed E-state index contributed by atoms with van der Waals surface area (Å²) in [6, 6.07) is -6.14. The van der Waals surface area contributed by atoms with Crippen LogP contribution in [-0.2, 0) is 43.2 Å². The second-order valence-electron chi connectivity index (χ2n) is 7.84. The van der Waals surface area contributed by atoms with Crippen molar-refractivity contribution in [3.63, 3.8) is 0 Å². The topological polar surface area (TPSA) is 306 Å². The largest absolute Gasteiger partial charge is 0.481 e. The molecule has 0 saturated carbocycles. The Bertz CT molecular complexity index is 982. The van der Waals surface area contributed by atoms with Gasteiger partial charge in [0.15, 0.2) is 0 Å². The van der Waals surface area contributed by atoms with Crippen molar-refractivity contribution in [3.05, 3.63) is 0 Å². The van der Waals surface area contributed by atoms with E-state index in [1.165, 1.54) is 0 Å². The van der Waals surface area contributed by atoms with Gasteiger partial charge in [0.05, 0.1) is 0 Å². The molecule has 0 aliphatic rings. The van der Waals surface area contributed by atoms with E-state index >= 15 is 0 Å². The van der Waals surface area contributed by atoms with Crippen molar-refractivity contribution in [2.24, 2.45) is 11.5 Å². The molecule has 0 saturated heterocycles. The number of hydrogen-bond donors (Lipinski definition) is 9. The van der Waals surface area contributed by atoms with Gasteiger partial charge in [0.2, 0.25) is 42.0 Å². The molecule has 18 nitrogen and oxygen atoms in total. The third kappa shape index (κ3) is 15.4. The lowest BCUT2D eigenvalue weighted by Gasteiger charge is -2.23. The fraction of sp³-hybridized carbons (Fsp3) is 0.550. The van der Waals surface area contributed by atoms with Gasteiger partial charge >= 0.3 is 11.9 Å². The highest BCUT2D eigenvalue weighted by Gasteiger charge is 2.34. The van der Waals surface area contributed by atoms with E-state index in [1.54, 1.807) is 0 Å². The van der Waals surface area contributed by atoms with Crippen LogP contribution in [0, 0.1) is 0 Å². The lowest BCUT2D eigenvalue weighted by atomic mass is 10.1. The first-order valence-corrected chi connectivity index (χ1v) is 13.8. The van der Waals surface area contributed by atoms with E-state index in [2.05, 4.69) is 21.3 Å². The Morgan fingerprint density at radius 1 is 0.800 bits per heavy atom. The Labute approximate surface area is 235 Å². The summed E-state index contributed by atoms with van der Waals surface area (Å²) < 4.78 is 0. The molecule has 20 heteroatoms. The quantitative estimate of drug-likeness (QED) is 0.0256. The summed E-state index contributed by atoms with van der Waals surface area (Å²) in [5.41, 5.74) is 10.1. The lowest BCUT2D eigenvalue weighted by molar-refractivity contribution is -0.148. The maximum absolute atomic E-state index is 12.8. The van der Waals surface area contributed by atoms with Gasteiger partial charge in [0.1, 0.15) is 18.1 Å². The van der Waals surface area contributed by atoms with Gasteiger partial charge in [-0.3, -0.25) is 38.4 Å².